The zero-order valence-corrected chi connectivity index (χ0v) is 13.8. The van der Waals surface area contributed by atoms with Gasteiger partial charge < -0.3 is 14.3 Å². The highest BCUT2D eigenvalue weighted by atomic mass is 32.1. The summed E-state index contributed by atoms with van der Waals surface area (Å²) < 4.78 is 5.57. The van der Waals surface area contributed by atoms with Crippen LogP contribution in [0, 0.1) is 0 Å². The normalized spacial score (nSPS) is 16.3. The molecule has 0 atom stereocenters. The van der Waals surface area contributed by atoms with Gasteiger partial charge in [0, 0.05) is 18.2 Å². The highest BCUT2D eigenvalue weighted by Gasteiger charge is 2.31. The minimum atomic E-state index is -1.33. The third-order valence-corrected chi connectivity index (χ3v) is 4.01. The fraction of sp³-hybridized carbons (Fsp3) is 0.0588. The number of carbonyl (C=O) groups excluding carboxylic acids is 3. The second-order valence-electron chi connectivity index (χ2n) is 5.22. The number of nitrogens with zero attached hydrogens (tertiary/aromatic N) is 1. The lowest BCUT2D eigenvalue weighted by Gasteiger charge is -2.24. The molecule has 0 bridgehead atoms. The van der Waals surface area contributed by atoms with Crippen molar-refractivity contribution in [3.05, 3.63) is 53.3 Å². The summed E-state index contributed by atoms with van der Waals surface area (Å²) in [5.41, 5.74) is 0.183. The van der Waals surface area contributed by atoms with Crippen LogP contribution in [-0.2, 0) is 9.59 Å². The lowest BCUT2D eigenvalue weighted by molar-refractivity contribution is -0.255. The maximum absolute atomic E-state index is 12.2. The predicted molar refractivity (Wildman–Crippen MR) is 90.0 cm³/mol. The third kappa shape index (κ3) is 3.07. The second kappa shape index (κ2) is 6.33. The molecule has 7 nitrogen and oxygen atoms in total. The first-order valence-electron chi connectivity index (χ1n) is 7.14. The second-order valence-corrected chi connectivity index (χ2v) is 5.60. The zero-order chi connectivity index (χ0) is 18.1. The van der Waals surface area contributed by atoms with E-state index in [1.54, 1.807) is 24.3 Å². The average Bonchev–Trinajstić information content (AvgIpc) is 3.05. The van der Waals surface area contributed by atoms with Crippen LogP contribution in [0.15, 0.2) is 46.4 Å². The van der Waals surface area contributed by atoms with Crippen LogP contribution in [0.3, 0.4) is 0 Å². The molecule has 1 aromatic heterocycles. The summed E-state index contributed by atoms with van der Waals surface area (Å²) in [5.74, 6) is -2.01. The van der Waals surface area contributed by atoms with Gasteiger partial charge in [0.2, 0.25) is 0 Å². The van der Waals surface area contributed by atoms with E-state index in [0.717, 1.165) is 4.90 Å². The molecule has 0 radical (unpaired) electrons. The molecule has 2 heterocycles. The molecule has 1 fully saturated rings. The number of hydrogen-bond acceptors (Lipinski definition) is 6. The SMILES string of the molecule is CN1C(=O)/C(=C\c2ccc(-c3ccccc3C(=O)[O-])o2)C(=O)NC1=S. The van der Waals surface area contributed by atoms with Gasteiger partial charge in [-0.05, 0) is 30.4 Å². The van der Waals surface area contributed by atoms with E-state index < -0.39 is 17.8 Å². The maximum Gasteiger partial charge on any atom is 0.265 e. The standard InChI is InChI=1S/C17H12N2O5S/c1-19-15(21)12(14(20)18-17(19)25)8-9-6-7-13(24-9)10-4-2-3-5-11(10)16(22)23/h2-8H,1H3,(H,22,23)(H,18,20,25)/p-1/b12-8-. The Balaban J connectivity index is 1.98. The number of carboxylic acids is 1. The lowest BCUT2D eigenvalue weighted by Crippen LogP contribution is -2.52. The van der Waals surface area contributed by atoms with Gasteiger partial charge >= 0.3 is 0 Å². The Morgan fingerprint density at radius 1 is 1.24 bits per heavy atom. The Kier molecular flexibility index (Phi) is 4.20. The Hall–Kier alpha value is -3.26. The molecule has 1 saturated heterocycles. The van der Waals surface area contributed by atoms with Gasteiger partial charge in [0.25, 0.3) is 11.8 Å². The van der Waals surface area contributed by atoms with Crippen molar-refractivity contribution < 1.29 is 23.9 Å². The van der Waals surface area contributed by atoms with Gasteiger partial charge in [-0.2, -0.15) is 0 Å². The molecular weight excluding hydrogens is 344 g/mol. The number of furan rings is 1. The molecule has 0 saturated carbocycles. The number of nitrogens with one attached hydrogen (secondary N) is 1. The van der Waals surface area contributed by atoms with E-state index in [1.807, 2.05) is 0 Å². The van der Waals surface area contributed by atoms with Crippen molar-refractivity contribution in [3.63, 3.8) is 0 Å². The number of hydrogen-bond donors (Lipinski definition) is 1. The van der Waals surface area contributed by atoms with Crippen LogP contribution in [0.5, 0.6) is 0 Å². The van der Waals surface area contributed by atoms with Crippen LogP contribution < -0.4 is 10.4 Å². The molecule has 2 amide bonds. The molecule has 1 aliphatic heterocycles. The van der Waals surface area contributed by atoms with E-state index in [9.17, 15) is 19.5 Å². The smallest absolute Gasteiger partial charge is 0.265 e. The van der Waals surface area contributed by atoms with Crippen LogP contribution in [0.25, 0.3) is 17.4 Å². The highest BCUT2D eigenvalue weighted by Crippen LogP contribution is 2.27. The minimum absolute atomic E-state index is 0.0207. The van der Waals surface area contributed by atoms with E-state index in [0.29, 0.717) is 5.56 Å². The Morgan fingerprint density at radius 3 is 2.68 bits per heavy atom. The molecule has 2 aromatic rings. The van der Waals surface area contributed by atoms with E-state index in [1.165, 1.54) is 25.3 Å². The molecule has 1 aliphatic rings. The fourth-order valence-electron chi connectivity index (χ4n) is 2.34. The quantitative estimate of drug-likeness (QED) is 0.490. The number of carboxylic acid groups (broad SMARTS) is 1. The molecule has 0 aliphatic carbocycles. The maximum atomic E-state index is 12.2. The van der Waals surface area contributed by atoms with Gasteiger partial charge in [-0.3, -0.25) is 19.8 Å². The van der Waals surface area contributed by atoms with E-state index in [-0.39, 0.29) is 27.8 Å². The Morgan fingerprint density at radius 2 is 1.96 bits per heavy atom. The molecule has 25 heavy (non-hydrogen) atoms. The van der Waals surface area contributed by atoms with Crippen molar-refractivity contribution in [2.75, 3.05) is 7.05 Å². The van der Waals surface area contributed by atoms with Crippen molar-refractivity contribution in [2.45, 2.75) is 0 Å². The monoisotopic (exact) mass is 355 g/mol. The van der Waals surface area contributed by atoms with Crippen molar-refractivity contribution in [1.82, 2.24) is 10.2 Å². The number of rotatable bonds is 3. The molecule has 0 spiro atoms. The van der Waals surface area contributed by atoms with E-state index in [2.05, 4.69) is 5.32 Å². The Labute approximate surface area is 147 Å². The third-order valence-electron chi connectivity index (χ3n) is 3.63. The summed E-state index contributed by atoms with van der Waals surface area (Å²) in [4.78, 5) is 36.4. The Bertz CT molecular complexity index is 944. The molecule has 0 unspecified atom stereocenters. The summed E-state index contributed by atoms with van der Waals surface area (Å²) in [6, 6.07) is 9.29. The summed E-state index contributed by atoms with van der Waals surface area (Å²) in [7, 11) is 1.45. The first-order valence-corrected chi connectivity index (χ1v) is 7.55. The summed E-state index contributed by atoms with van der Waals surface area (Å²) in [5, 5.41) is 13.6. The molecular formula is C17H11N2O5S-. The van der Waals surface area contributed by atoms with Crippen LogP contribution in [-0.4, -0.2) is 34.8 Å². The highest BCUT2D eigenvalue weighted by molar-refractivity contribution is 7.80. The number of amides is 2. The number of thiocarbonyl (C=S) groups is 1. The van der Waals surface area contributed by atoms with Gasteiger partial charge in [-0.15, -0.1) is 0 Å². The number of likely N-dealkylation sites (N-methyl/N-ethyl adjacent to an activating group) is 1. The molecule has 126 valence electrons. The predicted octanol–water partition coefficient (Wildman–Crippen LogP) is 0.567. The summed E-state index contributed by atoms with van der Waals surface area (Å²) in [6.07, 6.45) is 1.28. The van der Waals surface area contributed by atoms with Crippen LogP contribution >= 0.6 is 12.2 Å². The summed E-state index contributed by atoms with van der Waals surface area (Å²) in [6.45, 7) is 0. The fourth-order valence-corrected chi connectivity index (χ4v) is 2.51. The largest absolute Gasteiger partial charge is 0.545 e. The van der Waals surface area contributed by atoms with Crippen LogP contribution in [0.2, 0.25) is 0 Å². The van der Waals surface area contributed by atoms with Gasteiger partial charge in [0.05, 0.1) is 5.97 Å². The zero-order valence-electron chi connectivity index (χ0n) is 12.9. The minimum Gasteiger partial charge on any atom is -0.545 e. The molecule has 1 aromatic carbocycles. The number of carbonyl (C=O) groups is 3. The van der Waals surface area contributed by atoms with Gasteiger partial charge in [-0.25, -0.2) is 0 Å². The molecule has 1 N–H and O–H groups in total. The molecule has 8 heteroatoms. The van der Waals surface area contributed by atoms with Gasteiger partial charge in [0.15, 0.2) is 5.11 Å². The van der Waals surface area contributed by atoms with E-state index in [4.69, 9.17) is 16.6 Å². The first-order chi connectivity index (χ1) is 11.9. The number of aromatic carboxylic acids is 1. The number of benzene rings is 1. The van der Waals surface area contributed by atoms with Crippen LogP contribution in [0.1, 0.15) is 16.1 Å². The first kappa shape index (κ1) is 16.6. The molecule has 3 rings (SSSR count). The van der Waals surface area contributed by atoms with Crippen LogP contribution in [0.4, 0.5) is 0 Å². The van der Waals surface area contributed by atoms with E-state index >= 15 is 0 Å². The lowest BCUT2D eigenvalue weighted by atomic mass is 10.1. The van der Waals surface area contributed by atoms with Crippen molar-refractivity contribution in [2.24, 2.45) is 0 Å². The summed E-state index contributed by atoms with van der Waals surface area (Å²) >= 11 is 4.87. The van der Waals surface area contributed by atoms with Gasteiger partial charge in [-0.1, -0.05) is 24.3 Å². The van der Waals surface area contributed by atoms with Crippen molar-refractivity contribution in [3.8, 4) is 11.3 Å². The van der Waals surface area contributed by atoms with Gasteiger partial charge in [0.1, 0.15) is 17.1 Å². The average molecular weight is 355 g/mol. The topological polar surface area (TPSA) is 103 Å². The van der Waals surface area contributed by atoms with Crippen molar-refractivity contribution in [1.29, 1.82) is 0 Å². The van der Waals surface area contributed by atoms with Crippen molar-refractivity contribution >= 4 is 41.2 Å².